The van der Waals surface area contributed by atoms with E-state index in [0.717, 1.165) is 0 Å². The lowest BCUT2D eigenvalue weighted by molar-refractivity contribution is 0.437. The molecule has 0 saturated heterocycles. The minimum Gasteiger partial charge on any atom is -0.439 e. The molecule has 0 bridgehead atoms. The summed E-state index contributed by atoms with van der Waals surface area (Å²) in [7, 11) is 1.75. The van der Waals surface area contributed by atoms with Crippen molar-refractivity contribution in [1.82, 2.24) is 10.3 Å². The monoisotopic (exact) mass is 316 g/mol. The average Bonchev–Trinajstić information content (AvgIpc) is 2.76. The Labute approximate surface area is 111 Å². The molecule has 0 aliphatic rings. The maximum Gasteiger partial charge on any atom is 0.211 e. The number of nitrogens with zero attached hydrogens (tertiary/aromatic N) is 1. The van der Waals surface area contributed by atoms with E-state index in [-0.39, 0.29) is 17.4 Å². The molecule has 0 spiro atoms. The summed E-state index contributed by atoms with van der Waals surface area (Å²) in [5.74, 6) is -0.924. The van der Waals surface area contributed by atoms with E-state index in [1.165, 1.54) is 18.3 Å². The Hall–Kier alpha value is -1.27. The second kappa shape index (κ2) is 5.16. The molecule has 1 aromatic carbocycles. The van der Waals surface area contributed by atoms with Crippen molar-refractivity contribution < 1.29 is 13.2 Å². The van der Waals surface area contributed by atoms with E-state index in [4.69, 9.17) is 4.42 Å². The number of oxazole rings is 1. The lowest BCUT2D eigenvalue weighted by Gasteiger charge is -2.05. The van der Waals surface area contributed by atoms with Gasteiger partial charge in [-0.3, -0.25) is 0 Å². The predicted molar refractivity (Wildman–Crippen MR) is 67.0 cm³/mol. The summed E-state index contributed by atoms with van der Waals surface area (Å²) >= 11 is 3.02. The van der Waals surface area contributed by atoms with Crippen molar-refractivity contribution in [1.29, 1.82) is 0 Å². The third-order valence-electron chi connectivity index (χ3n) is 2.58. The molecule has 1 unspecified atom stereocenters. The minimum absolute atomic E-state index is 0.0783. The van der Waals surface area contributed by atoms with Crippen molar-refractivity contribution in [2.24, 2.45) is 0 Å². The highest BCUT2D eigenvalue weighted by Gasteiger charge is 2.18. The van der Waals surface area contributed by atoms with Crippen LogP contribution in [0.5, 0.6) is 0 Å². The van der Waals surface area contributed by atoms with Crippen molar-refractivity contribution in [3.05, 3.63) is 40.3 Å². The third-order valence-corrected chi connectivity index (χ3v) is 3.04. The second-order valence-corrected chi connectivity index (χ2v) is 4.73. The number of benzene rings is 1. The van der Waals surface area contributed by atoms with Gasteiger partial charge in [-0.25, -0.2) is 13.8 Å². The summed E-state index contributed by atoms with van der Waals surface area (Å²) in [4.78, 5) is 3.99. The summed E-state index contributed by atoms with van der Waals surface area (Å²) in [5.41, 5.74) is -0.208. The Morgan fingerprint density at radius 1 is 1.33 bits per heavy atom. The molecule has 1 aromatic heterocycles. The fourth-order valence-electron chi connectivity index (χ4n) is 1.50. The van der Waals surface area contributed by atoms with Crippen LogP contribution in [0.25, 0.3) is 11.3 Å². The van der Waals surface area contributed by atoms with Crippen molar-refractivity contribution in [2.45, 2.75) is 13.0 Å². The molecule has 1 heterocycles. The van der Waals surface area contributed by atoms with Gasteiger partial charge in [-0.2, -0.15) is 0 Å². The van der Waals surface area contributed by atoms with Gasteiger partial charge in [0.1, 0.15) is 11.6 Å². The van der Waals surface area contributed by atoms with E-state index in [0.29, 0.717) is 10.4 Å². The maximum atomic E-state index is 13.7. The quantitative estimate of drug-likeness (QED) is 0.939. The van der Waals surface area contributed by atoms with Gasteiger partial charge in [0.05, 0.1) is 17.8 Å². The second-order valence-electron chi connectivity index (χ2n) is 3.82. The first-order valence-corrected chi connectivity index (χ1v) is 6.10. The molecule has 2 aromatic rings. The van der Waals surface area contributed by atoms with Crippen molar-refractivity contribution in [3.63, 3.8) is 0 Å². The zero-order chi connectivity index (χ0) is 13.3. The standard InChI is InChI=1S/C12H11BrF2N2O/c1-6(16-2)12-17-5-10(18-12)11-8(14)3-7(13)4-9(11)15/h3-6,16H,1-2H3. The zero-order valence-corrected chi connectivity index (χ0v) is 11.4. The van der Waals surface area contributed by atoms with Gasteiger partial charge in [-0.1, -0.05) is 15.9 Å². The number of rotatable bonds is 3. The largest absolute Gasteiger partial charge is 0.439 e. The van der Waals surface area contributed by atoms with E-state index in [1.54, 1.807) is 7.05 Å². The average molecular weight is 317 g/mol. The minimum atomic E-state index is -0.693. The fourth-order valence-corrected chi connectivity index (χ4v) is 1.91. The first-order chi connectivity index (χ1) is 8.52. The Morgan fingerprint density at radius 3 is 2.50 bits per heavy atom. The highest BCUT2D eigenvalue weighted by Crippen LogP contribution is 2.30. The summed E-state index contributed by atoms with van der Waals surface area (Å²) in [5, 5.41) is 2.93. The molecule has 3 nitrogen and oxygen atoms in total. The van der Waals surface area contributed by atoms with Crippen LogP contribution in [0.2, 0.25) is 0 Å². The number of halogens is 3. The molecule has 96 valence electrons. The first-order valence-electron chi connectivity index (χ1n) is 5.31. The van der Waals surface area contributed by atoms with Gasteiger partial charge in [-0.05, 0) is 26.1 Å². The van der Waals surface area contributed by atoms with Gasteiger partial charge >= 0.3 is 0 Å². The summed E-state index contributed by atoms with van der Waals surface area (Å²) in [6, 6.07) is 2.24. The van der Waals surface area contributed by atoms with E-state index < -0.39 is 11.6 Å². The zero-order valence-electron chi connectivity index (χ0n) is 9.80. The van der Waals surface area contributed by atoms with Crippen LogP contribution in [-0.2, 0) is 0 Å². The molecule has 18 heavy (non-hydrogen) atoms. The first kappa shape index (κ1) is 13.2. The lowest BCUT2D eigenvalue weighted by Crippen LogP contribution is -2.12. The van der Waals surface area contributed by atoms with E-state index in [1.807, 2.05) is 6.92 Å². The number of nitrogens with one attached hydrogen (secondary N) is 1. The van der Waals surface area contributed by atoms with E-state index in [2.05, 4.69) is 26.2 Å². The van der Waals surface area contributed by atoms with Gasteiger partial charge in [-0.15, -0.1) is 0 Å². The molecular weight excluding hydrogens is 306 g/mol. The Kier molecular flexibility index (Phi) is 3.77. The smallest absolute Gasteiger partial charge is 0.211 e. The molecule has 0 saturated carbocycles. The highest BCUT2D eigenvalue weighted by atomic mass is 79.9. The van der Waals surface area contributed by atoms with Crippen LogP contribution in [0.3, 0.4) is 0 Å². The van der Waals surface area contributed by atoms with Crippen LogP contribution < -0.4 is 5.32 Å². The number of hydrogen-bond donors (Lipinski definition) is 1. The molecule has 0 aliphatic heterocycles. The van der Waals surface area contributed by atoms with Gasteiger partial charge in [0.15, 0.2) is 5.76 Å². The third kappa shape index (κ3) is 2.44. The molecular formula is C12H11BrF2N2O. The molecule has 0 aliphatic carbocycles. The fraction of sp³-hybridized carbons (Fsp3) is 0.250. The van der Waals surface area contributed by atoms with Crippen LogP contribution in [0.4, 0.5) is 8.78 Å². The van der Waals surface area contributed by atoms with Gasteiger partial charge < -0.3 is 9.73 Å². The van der Waals surface area contributed by atoms with Gasteiger partial charge in [0, 0.05) is 4.47 Å². The van der Waals surface area contributed by atoms with Gasteiger partial charge in [0.25, 0.3) is 0 Å². The summed E-state index contributed by atoms with van der Waals surface area (Å²) < 4.78 is 33.1. The predicted octanol–water partition coefficient (Wildman–Crippen LogP) is 3.66. The van der Waals surface area contributed by atoms with Crippen LogP contribution in [0, 0.1) is 11.6 Å². The normalized spacial score (nSPS) is 12.7. The summed E-state index contributed by atoms with van der Waals surface area (Å²) in [6.07, 6.45) is 1.32. The highest BCUT2D eigenvalue weighted by molar-refractivity contribution is 9.10. The van der Waals surface area contributed by atoms with Crippen LogP contribution in [0.1, 0.15) is 18.9 Å². The Bertz CT molecular complexity index is 548. The number of aromatic nitrogens is 1. The van der Waals surface area contributed by atoms with Crippen LogP contribution >= 0.6 is 15.9 Å². The SMILES string of the molecule is CNC(C)c1ncc(-c2c(F)cc(Br)cc2F)o1. The van der Waals surface area contributed by atoms with Crippen molar-refractivity contribution >= 4 is 15.9 Å². The van der Waals surface area contributed by atoms with E-state index in [9.17, 15) is 8.78 Å². The maximum absolute atomic E-state index is 13.7. The van der Waals surface area contributed by atoms with Gasteiger partial charge in [0.2, 0.25) is 5.89 Å². The Morgan fingerprint density at radius 2 is 1.94 bits per heavy atom. The van der Waals surface area contributed by atoms with E-state index >= 15 is 0 Å². The molecule has 2 rings (SSSR count). The van der Waals surface area contributed by atoms with Crippen LogP contribution in [0.15, 0.2) is 27.2 Å². The molecule has 0 amide bonds. The topological polar surface area (TPSA) is 38.1 Å². The summed E-state index contributed by atoms with van der Waals surface area (Å²) in [6.45, 7) is 1.84. The molecule has 1 N–H and O–H groups in total. The molecule has 0 fully saturated rings. The lowest BCUT2D eigenvalue weighted by atomic mass is 10.1. The van der Waals surface area contributed by atoms with Crippen molar-refractivity contribution in [3.8, 4) is 11.3 Å². The Balaban J connectivity index is 2.46. The molecule has 1 atom stereocenters. The molecule has 6 heteroatoms. The van der Waals surface area contributed by atoms with Crippen molar-refractivity contribution in [2.75, 3.05) is 7.05 Å². The molecule has 0 radical (unpaired) electrons. The van der Waals surface area contributed by atoms with Crippen LogP contribution in [-0.4, -0.2) is 12.0 Å². The number of hydrogen-bond acceptors (Lipinski definition) is 3.